The lowest BCUT2D eigenvalue weighted by Gasteiger charge is -2.20. The van der Waals surface area contributed by atoms with Crippen molar-refractivity contribution < 1.29 is 24.5 Å². The van der Waals surface area contributed by atoms with E-state index in [2.05, 4.69) is 43.5 Å². The van der Waals surface area contributed by atoms with Crippen molar-refractivity contribution in [3.63, 3.8) is 0 Å². The lowest BCUT2D eigenvalue weighted by molar-refractivity contribution is -0.143. The first-order valence-electron chi connectivity index (χ1n) is 35.3. The van der Waals surface area contributed by atoms with Crippen LogP contribution in [0.1, 0.15) is 386 Å². The van der Waals surface area contributed by atoms with Crippen LogP contribution in [-0.2, 0) is 14.3 Å². The van der Waals surface area contributed by atoms with E-state index in [4.69, 9.17) is 4.74 Å². The van der Waals surface area contributed by atoms with Gasteiger partial charge in [0.15, 0.2) is 0 Å². The van der Waals surface area contributed by atoms with Crippen LogP contribution in [0.3, 0.4) is 0 Å². The first kappa shape index (κ1) is 76.1. The zero-order valence-corrected chi connectivity index (χ0v) is 52.7. The second-order valence-corrected chi connectivity index (χ2v) is 24.2. The summed E-state index contributed by atoms with van der Waals surface area (Å²) in [5, 5.41) is 23.3. The molecule has 2 unspecified atom stereocenters. The lowest BCUT2D eigenvalue weighted by atomic mass is 10.0. The van der Waals surface area contributed by atoms with E-state index in [-0.39, 0.29) is 18.5 Å². The maximum atomic E-state index is 12.5. The Bertz CT molecular complexity index is 1260. The SMILES string of the molecule is CCCC/C=C\C/C=C\CCCCCCCC(=O)OCCCCCCCCCCCCCCCCCCCCCCCCCCCCC(=O)NC(CO)C(O)/C=C/CCCCCCCCCCCCCCCCCCCCC. The lowest BCUT2D eigenvalue weighted by Crippen LogP contribution is -2.45. The minimum Gasteiger partial charge on any atom is -0.466 e. The molecule has 0 aliphatic rings. The molecule has 0 rings (SSSR count). The molecule has 0 radical (unpaired) electrons. The Hall–Kier alpha value is -1.92. The molecule has 0 heterocycles. The van der Waals surface area contributed by atoms with Crippen LogP contribution in [-0.4, -0.2) is 47.4 Å². The molecule has 0 aromatic heterocycles. The number of aliphatic hydroxyl groups excluding tert-OH is 2. The average molecular weight is 1100 g/mol. The van der Waals surface area contributed by atoms with Crippen molar-refractivity contribution in [2.24, 2.45) is 0 Å². The number of unbranched alkanes of at least 4 members (excludes halogenated alkanes) is 51. The highest BCUT2D eigenvalue weighted by Gasteiger charge is 2.18. The summed E-state index contributed by atoms with van der Waals surface area (Å²) in [6.07, 6.45) is 86.5. The zero-order valence-electron chi connectivity index (χ0n) is 52.7. The van der Waals surface area contributed by atoms with E-state index in [0.29, 0.717) is 19.4 Å². The molecule has 0 spiro atoms. The number of esters is 1. The predicted octanol–water partition coefficient (Wildman–Crippen LogP) is 22.7. The molecule has 0 bridgehead atoms. The van der Waals surface area contributed by atoms with Gasteiger partial charge in [-0.1, -0.05) is 352 Å². The fourth-order valence-corrected chi connectivity index (χ4v) is 11.0. The van der Waals surface area contributed by atoms with Crippen LogP contribution < -0.4 is 5.32 Å². The highest BCUT2D eigenvalue weighted by atomic mass is 16.5. The van der Waals surface area contributed by atoms with Crippen molar-refractivity contribution in [1.82, 2.24) is 5.32 Å². The quantitative estimate of drug-likeness (QED) is 0.0320. The van der Waals surface area contributed by atoms with E-state index in [1.807, 2.05) is 6.08 Å². The maximum Gasteiger partial charge on any atom is 0.305 e. The first-order valence-corrected chi connectivity index (χ1v) is 35.3. The van der Waals surface area contributed by atoms with Gasteiger partial charge in [-0.15, -0.1) is 0 Å². The van der Waals surface area contributed by atoms with Crippen molar-refractivity contribution in [2.75, 3.05) is 13.2 Å². The molecule has 0 aromatic carbocycles. The predicted molar refractivity (Wildman–Crippen MR) is 343 cm³/mol. The summed E-state index contributed by atoms with van der Waals surface area (Å²) in [4.78, 5) is 24.6. The summed E-state index contributed by atoms with van der Waals surface area (Å²) in [6.45, 7) is 4.89. The summed E-state index contributed by atoms with van der Waals surface area (Å²) in [6, 6.07) is -0.627. The van der Waals surface area contributed by atoms with Crippen molar-refractivity contribution in [1.29, 1.82) is 0 Å². The second-order valence-electron chi connectivity index (χ2n) is 24.2. The fraction of sp³-hybridized carbons (Fsp3) is 0.889. The van der Waals surface area contributed by atoms with Crippen LogP contribution in [0, 0.1) is 0 Å². The van der Waals surface area contributed by atoms with Crippen molar-refractivity contribution >= 4 is 11.9 Å². The van der Waals surface area contributed by atoms with Gasteiger partial charge in [-0.3, -0.25) is 9.59 Å². The average Bonchev–Trinajstić information content (AvgIpc) is 3.44. The van der Waals surface area contributed by atoms with Crippen LogP contribution in [0.2, 0.25) is 0 Å². The van der Waals surface area contributed by atoms with Crippen LogP contribution in [0.25, 0.3) is 0 Å². The van der Waals surface area contributed by atoms with Crippen LogP contribution >= 0.6 is 0 Å². The number of carbonyl (C=O) groups is 2. The highest BCUT2D eigenvalue weighted by molar-refractivity contribution is 5.76. The van der Waals surface area contributed by atoms with Crippen molar-refractivity contribution in [3.8, 4) is 0 Å². The van der Waals surface area contributed by atoms with Gasteiger partial charge in [-0.2, -0.15) is 0 Å². The van der Waals surface area contributed by atoms with Crippen LogP contribution in [0.4, 0.5) is 0 Å². The normalized spacial score (nSPS) is 12.7. The van der Waals surface area contributed by atoms with Gasteiger partial charge in [0.2, 0.25) is 5.91 Å². The molecule has 0 saturated carbocycles. The Balaban J connectivity index is 3.39. The van der Waals surface area contributed by atoms with Crippen LogP contribution in [0.15, 0.2) is 36.5 Å². The third-order valence-electron chi connectivity index (χ3n) is 16.4. The van der Waals surface area contributed by atoms with Crippen LogP contribution in [0.5, 0.6) is 0 Å². The third-order valence-corrected chi connectivity index (χ3v) is 16.4. The number of hydrogen-bond donors (Lipinski definition) is 3. The van der Waals surface area contributed by atoms with Gasteiger partial charge in [-0.25, -0.2) is 0 Å². The van der Waals surface area contributed by atoms with E-state index >= 15 is 0 Å². The Kier molecular flexibility index (Phi) is 65.9. The monoisotopic (exact) mass is 1100 g/mol. The number of carbonyl (C=O) groups excluding carboxylic acids is 2. The number of aliphatic hydroxyl groups is 2. The minimum atomic E-state index is -0.844. The highest BCUT2D eigenvalue weighted by Crippen LogP contribution is 2.19. The molecule has 0 saturated heterocycles. The van der Waals surface area contributed by atoms with E-state index in [0.717, 1.165) is 51.4 Å². The van der Waals surface area contributed by atoms with Gasteiger partial charge in [0.1, 0.15) is 0 Å². The molecule has 1 amide bonds. The largest absolute Gasteiger partial charge is 0.466 e. The number of allylic oxidation sites excluding steroid dienone is 5. The van der Waals surface area contributed by atoms with Gasteiger partial charge < -0.3 is 20.3 Å². The standard InChI is InChI=1S/C72H137NO5/c1-3-5-7-9-11-13-15-17-19-20-21-28-31-34-37-40-44-48-52-56-60-64-70(75)69(68-74)73-71(76)65-61-57-53-49-45-41-38-35-32-29-26-24-22-23-25-27-30-33-36-39-43-47-51-55-59-63-67-78-72(77)66-62-58-54-50-46-42-18-16-14-12-10-8-6-4-2/h10,12,16,18,60,64,69-70,74-75H,3-9,11,13-15,17,19-59,61-63,65-68H2,1-2H3,(H,73,76)/b12-10-,18-16-,64-60+. The van der Waals surface area contributed by atoms with Gasteiger partial charge >= 0.3 is 5.97 Å². The maximum absolute atomic E-state index is 12.5. The number of amides is 1. The molecule has 3 N–H and O–H groups in total. The molecule has 6 nitrogen and oxygen atoms in total. The van der Waals surface area contributed by atoms with E-state index in [1.54, 1.807) is 6.08 Å². The minimum absolute atomic E-state index is 0.00262. The Morgan fingerprint density at radius 3 is 1.01 bits per heavy atom. The summed E-state index contributed by atoms with van der Waals surface area (Å²) in [7, 11) is 0. The molecule has 0 aliphatic heterocycles. The third kappa shape index (κ3) is 63.3. The Morgan fingerprint density at radius 1 is 0.359 bits per heavy atom. The molecule has 2 atom stereocenters. The van der Waals surface area contributed by atoms with Crippen molar-refractivity contribution in [3.05, 3.63) is 36.5 Å². The molecule has 78 heavy (non-hydrogen) atoms. The summed E-state index contributed by atoms with van der Waals surface area (Å²) in [5.41, 5.74) is 0. The van der Waals surface area contributed by atoms with E-state index in [9.17, 15) is 19.8 Å². The molecular weight excluding hydrogens is 959 g/mol. The van der Waals surface area contributed by atoms with Gasteiger partial charge in [0, 0.05) is 12.8 Å². The number of rotatable bonds is 66. The molecule has 0 aromatic rings. The zero-order chi connectivity index (χ0) is 56.4. The molecule has 460 valence electrons. The Labute approximate surface area is 487 Å². The van der Waals surface area contributed by atoms with E-state index < -0.39 is 12.1 Å². The second kappa shape index (κ2) is 67.6. The van der Waals surface area contributed by atoms with Gasteiger partial charge in [0.25, 0.3) is 0 Å². The topological polar surface area (TPSA) is 95.9 Å². The summed E-state index contributed by atoms with van der Waals surface area (Å²) < 4.78 is 5.48. The first-order chi connectivity index (χ1) is 38.5. The summed E-state index contributed by atoms with van der Waals surface area (Å²) in [5.74, 6) is -0.0596. The number of nitrogens with one attached hydrogen (secondary N) is 1. The van der Waals surface area contributed by atoms with E-state index in [1.165, 1.54) is 308 Å². The smallest absolute Gasteiger partial charge is 0.305 e. The summed E-state index contributed by atoms with van der Waals surface area (Å²) >= 11 is 0. The number of ether oxygens (including phenoxy) is 1. The number of hydrogen-bond acceptors (Lipinski definition) is 5. The van der Waals surface area contributed by atoms with Gasteiger partial charge in [0.05, 0.1) is 25.4 Å². The molecular formula is C72H137NO5. The molecule has 0 fully saturated rings. The fourth-order valence-electron chi connectivity index (χ4n) is 11.0. The van der Waals surface area contributed by atoms with Gasteiger partial charge in [-0.05, 0) is 57.8 Å². The molecule has 6 heteroatoms. The Morgan fingerprint density at radius 2 is 0.654 bits per heavy atom. The molecule has 0 aliphatic carbocycles. The van der Waals surface area contributed by atoms with Crippen molar-refractivity contribution in [2.45, 2.75) is 398 Å².